The summed E-state index contributed by atoms with van der Waals surface area (Å²) in [5, 5.41) is 9.88. The van der Waals surface area contributed by atoms with Crippen LogP contribution in [-0.2, 0) is 16.1 Å². The average Bonchev–Trinajstić information content (AvgIpc) is 2.59. The number of hydrogen-bond acceptors (Lipinski definition) is 3. The standard InChI is InChI=1S/C21H25NO4/c1-14(2)22(21(25)26-13-17-11-6-5-7-12-17)19(20(23)24)18-15(3)9-8-10-16(18)4/h5-12,14,19H,13H2,1-4H3,(H,23,24). The molecule has 0 saturated carbocycles. The van der Waals surface area contributed by atoms with E-state index in [0.717, 1.165) is 16.7 Å². The van der Waals surface area contributed by atoms with Gasteiger partial charge in [-0.2, -0.15) is 0 Å². The number of ether oxygens (including phenoxy) is 1. The van der Waals surface area contributed by atoms with Crippen LogP contribution in [0.3, 0.4) is 0 Å². The third-order valence-corrected chi connectivity index (χ3v) is 4.30. The van der Waals surface area contributed by atoms with Crippen molar-refractivity contribution in [2.24, 2.45) is 0 Å². The SMILES string of the molecule is Cc1cccc(C)c1C(C(=O)O)N(C(=O)OCc1ccccc1)C(C)C. The highest BCUT2D eigenvalue weighted by molar-refractivity contribution is 5.82. The zero-order valence-corrected chi connectivity index (χ0v) is 15.6. The molecule has 0 aliphatic rings. The Bertz CT molecular complexity index is 751. The molecule has 0 aliphatic carbocycles. The van der Waals surface area contributed by atoms with Crippen LogP contribution in [0.4, 0.5) is 4.79 Å². The smallest absolute Gasteiger partial charge is 0.411 e. The second kappa shape index (κ2) is 8.52. The fourth-order valence-corrected chi connectivity index (χ4v) is 3.05. The molecule has 0 saturated heterocycles. The van der Waals surface area contributed by atoms with Gasteiger partial charge >= 0.3 is 12.1 Å². The third kappa shape index (κ3) is 4.42. The van der Waals surface area contributed by atoms with Crippen LogP contribution in [0.25, 0.3) is 0 Å². The van der Waals surface area contributed by atoms with Gasteiger partial charge in [0.1, 0.15) is 6.61 Å². The van der Waals surface area contributed by atoms with Crippen LogP contribution in [0, 0.1) is 13.8 Å². The second-order valence-electron chi connectivity index (χ2n) is 6.59. The second-order valence-corrected chi connectivity index (χ2v) is 6.59. The Labute approximate surface area is 154 Å². The van der Waals surface area contributed by atoms with E-state index >= 15 is 0 Å². The summed E-state index contributed by atoms with van der Waals surface area (Å²) in [6.45, 7) is 7.38. The summed E-state index contributed by atoms with van der Waals surface area (Å²) in [6.07, 6.45) is -0.640. The number of hydrogen-bond donors (Lipinski definition) is 1. The van der Waals surface area contributed by atoms with Crippen LogP contribution in [-0.4, -0.2) is 28.1 Å². The summed E-state index contributed by atoms with van der Waals surface area (Å²) in [6, 6.07) is 13.5. The van der Waals surface area contributed by atoms with E-state index < -0.39 is 18.1 Å². The first-order valence-corrected chi connectivity index (χ1v) is 8.60. The maximum absolute atomic E-state index is 12.7. The fraction of sp³-hybridized carbons (Fsp3) is 0.333. The van der Waals surface area contributed by atoms with Crippen molar-refractivity contribution in [2.45, 2.75) is 46.4 Å². The summed E-state index contributed by atoms with van der Waals surface area (Å²) in [4.78, 5) is 26.1. The number of benzene rings is 2. The molecule has 0 spiro atoms. The lowest BCUT2D eigenvalue weighted by Gasteiger charge is -2.33. The Kier molecular flexibility index (Phi) is 6.39. The highest BCUT2D eigenvalue weighted by Gasteiger charge is 2.36. The Morgan fingerprint density at radius 1 is 1.00 bits per heavy atom. The number of aliphatic carboxylic acids is 1. The van der Waals surface area contributed by atoms with Gasteiger partial charge in [-0.05, 0) is 49.9 Å². The first-order valence-electron chi connectivity index (χ1n) is 8.60. The summed E-state index contributed by atoms with van der Waals surface area (Å²) in [7, 11) is 0. The van der Waals surface area contributed by atoms with Crippen molar-refractivity contribution in [3.8, 4) is 0 Å². The molecule has 1 unspecified atom stereocenters. The third-order valence-electron chi connectivity index (χ3n) is 4.30. The summed E-state index contributed by atoms with van der Waals surface area (Å²) in [5.41, 5.74) is 3.15. The van der Waals surface area contributed by atoms with Gasteiger partial charge in [-0.25, -0.2) is 9.59 Å². The monoisotopic (exact) mass is 355 g/mol. The van der Waals surface area contributed by atoms with Crippen molar-refractivity contribution >= 4 is 12.1 Å². The van der Waals surface area contributed by atoms with Crippen LogP contribution in [0.2, 0.25) is 0 Å². The van der Waals surface area contributed by atoms with Crippen molar-refractivity contribution < 1.29 is 19.4 Å². The Balaban J connectivity index is 2.32. The van der Waals surface area contributed by atoms with E-state index in [1.165, 1.54) is 4.90 Å². The van der Waals surface area contributed by atoms with Crippen molar-refractivity contribution in [1.82, 2.24) is 4.90 Å². The molecule has 0 bridgehead atoms. The van der Waals surface area contributed by atoms with Crippen LogP contribution >= 0.6 is 0 Å². The van der Waals surface area contributed by atoms with Crippen LogP contribution in [0.5, 0.6) is 0 Å². The van der Waals surface area contributed by atoms with Gasteiger partial charge < -0.3 is 9.84 Å². The van der Waals surface area contributed by atoms with E-state index in [0.29, 0.717) is 5.56 Å². The predicted octanol–water partition coefficient (Wildman–Crippen LogP) is 4.48. The number of nitrogens with zero attached hydrogens (tertiary/aromatic N) is 1. The highest BCUT2D eigenvalue weighted by Crippen LogP contribution is 2.30. The van der Waals surface area contributed by atoms with Crippen LogP contribution in [0.15, 0.2) is 48.5 Å². The topological polar surface area (TPSA) is 66.8 Å². The van der Waals surface area contributed by atoms with Crippen molar-refractivity contribution in [1.29, 1.82) is 0 Å². The Morgan fingerprint density at radius 2 is 1.58 bits per heavy atom. The van der Waals surface area contributed by atoms with Gasteiger partial charge in [0.25, 0.3) is 0 Å². The Hall–Kier alpha value is -2.82. The lowest BCUT2D eigenvalue weighted by molar-refractivity contribution is -0.143. The van der Waals surface area contributed by atoms with Crippen LogP contribution in [0.1, 0.15) is 42.1 Å². The van der Waals surface area contributed by atoms with E-state index in [9.17, 15) is 14.7 Å². The van der Waals surface area contributed by atoms with E-state index in [1.807, 2.05) is 62.4 Å². The average molecular weight is 355 g/mol. The predicted molar refractivity (Wildman–Crippen MR) is 99.9 cm³/mol. The Morgan fingerprint density at radius 3 is 2.08 bits per heavy atom. The summed E-state index contributed by atoms with van der Waals surface area (Å²) >= 11 is 0. The van der Waals surface area contributed by atoms with Gasteiger partial charge in [0.2, 0.25) is 0 Å². The maximum atomic E-state index is 12.7. The molecule has 1 N–H and O–H groups in total. The number of rotatable bonds is 6. The molecule has 2 aromatic carbocycles. The minimum atomic E-state index is -1.10. The lowest BCUT2D eigenvalue weighted by Crippen LogP contribution is -2.44. The number of carboxylic acid groups (broad SMARTS) is 1. The first-order chi connectivity index (χ1) is 12.3. The van der Waals surface area contributed by atoms with Gasteiger partial charge in [-0.15, -0.1) is 0 Å². The highest BCUT2D eigenvalue weighted by atomic mass is 16.6. The quantitative estimate of drug-likeness (QED) is 0.830. The normalized spacial score (nSPS) is 11.9. The fourth-order valence-electron chi connectivity index (χ4n) is 3.05. The molecule has 5 heteroatoms. The van der Waals surface area contributed by atoms with Gasteiger partial charge in [0.05, 0.1) is 0 Å². The largest absolute Gasteiger partial charge is 0.479 e. The van der Waals surface area contributed by atoms with Gasteiger partial charge in [0, 0.05) is 6.04 Å². The van der Waals surface area contributed by atoms with Crippen molar-refractivity contribution in [2.75, 3.05) is 0 Å². The van der Waals surface area contributed by atoms with Gasteiger partial charge in [-0.1, -0.05) is 48.5 Å². The van der Waals surface area contributed by atoms with Crippen molar-refractivity contribution in [3.05, 3.63) is 70.8 Å². The molecule has 1 atom stereocenters. The van der Waals surface area contributed by atoms with Gasteiger partial charge in [0.15, 0.2) is 6.04 Å². The van der Waals surface area contributed by atoms with E-state index in [2.05, 4.69) is 0 Å². The first kappa shape index (κ1) is 19.5. The van der Waals surface area contributed by atoms with E-state index in [1.54, 1.807) is 13.8 Å². The summed E-state index contributed by atoms with van der Waals surface area (Å²) in [5.74, 6) is -1.08. The van der Waals surface area contributed by atoms with Gasteiger partial charge in [-0.3, -0.25) is 4.90 Å². The van der Waals surface area contributed by atoms with E-state index in [-0.39, 0.29) is 12.6 Å². The molecule has 26 heavy (non-hydrogen) atoms. The maximum Gasteiger partial charge on any atom is 0.411 e. The molecule has 0 aromatic heterocycles. The molecule has 2 aromatic rings. The molecule has 138 valence electrons. The number of carbonyl (C=O) groups is 2. The molecule has 5 nitrogen and oxygen atoms in total. The van der Waals surface area contributed by atoms with Crippen LogP contribution < -0.4 is 0 Å². The summed E-state index contributed by atoms with van der Waals surface area (Å²) < 4.78 is 5.41. The molecule has 1 amide bonds. The van der Waals surface area contributed by atoms with E-state index in [4.69, 9.17) is 4.74 Å². The zero-order chi connectivity index (χ0) is 19.3. The molecule has 0 radical (unpaired) electrons. The number of amides is 1. The minimum Gasteiger partial charge on any atom is -0.479 e. The molecular weight excluding hydrogens is 330 g/mol. The lowest BCUT2D eigenvalue weighted by atomic mass is 9.94. The number of carboxylic acids is 1. The molecule has 0 aliphatic heterocycles. The molecule has 2 rings (SSSR count). The zero-order valence-electron chi connectivity index (χ0n) is 15.6. The molecule has 0 heterocycles. The number of aryl methyl sites for hydroxylation is 2. The molecule has 0 fully saturated rings. The number of carbonyl (C=O) groups excluding carboxylic acids is 1. The molecular formula is C21H25NO4. The van der Waals surface area contributed by atoms with Crippen molar-refractivity contribution in [3.63, 3.8) is 0 Å². The minimum absolute atomic E-state index is 0.0992.